The van der Waals surface area contributed by atoms with Crippen LogP contribution in [0.25, 0.3) is 0 Å². The minimum atomic E-state index is -0.0363. The molecule has 2 aromatic carbocycles. The van der Waals surface area contributed by atoms with E-state index in [0.29, 0.717) is 57.3 Å². The van der Waals surface area contributed by atoms with Crippen molar-refractivity contribution in [2.45, 2.75) is 32.9 Å². The molecule has 0 saturated carbocycles. The zero-order chi connectivity index (χ0) is 22.5. The maximum absolute atomic E-state index is 12.6. The third kappa shape index (κ3) is 5.01. The predicted octanol–water partition coefficient (Wildman–Crippen LogP) is 2.84. The zero-order valence-corrected chi connectivity index (χ0v) is 18.5. The van der Waals surface area contributed by atoms with Crippen molar-refractivity contribution in [3.05, 3.63) is 53.6 Å². The third-order valence-electron chi connectivity index (χ3n) is 5.60. The Balaban J connectivity index is 1.25. The molecule has 4 rings (SSSR count). The third-order valence-corrected chi connectivity index (χ3v) is 5.60. The van der Waals surface area contributed by atoms with E-state index in [0.717, 1.165) is 22.6 Å². The highest BCUT2D eigenvalue weighted by molar-refractivity contribution is 6.05. The van der Waals surface area contributed by atoms with E-state index in [1.165, 1.54) is 0 Å². The van der Waals surface area contributed by atoms with E-state index in [1.54, 1.807) is 7.11 Å². The number of methoxy groups -OCH3 is 1. The predicted molar refractivity (Wildman–Crippen MR) is 121 cm³/mol. The molecule has 1 saturated heterocycles. The Hall–Kier alpha value is -3.55. The Morgan fingerprint density at radius 1 is 1.16 bits per heavy atom. The van der Waals surface area contributed by atoms with Crippen molar-refractivity contribution in [3.8, 4) is 11.5 Å². The van der Waals surface area contributed by atoms with Gasteiger partial charge in [-0.15, -0.1) is 0 Å². The van der Waals surface area contributed by atoms with Crippen LogP contribution in [0, 0.1) is 0 Å². The molecule has 0 unspecified atom stereocenters. The van der Waals surface area contributed by atoms with Crippen LogP contribution in [0.15, 0.2) is 47.5 Å². The summed E-state index contributed by atoms with van der Waals surface area (Å²) in [5, 5.41) is 2.77. The number of carbonyl (C=O) groups excluding carboxylic acids is 2. The summed E-state index contributed by atoms with van der Waals surface area (Å²) in [5.41, 5.74) is 2.94. The van der Waals surface area contributed by atoms with Gasteiger partial charge in [-0.3, -0.25) is 14.9 Å². The smallest absolute Gasteiger partial charge is 0.246 e. The second kappa shape index (κ2) is 9.72. The number of ether oxygens (including phenoxy) is 2. The van der Waals surface area contributed by atoms with Crippen LogP contribution in [0.4, 0.5) is 5.69 Å². The molecule has 0 atom stereocenters. The van der Waals surface area contributed by atoms with E-state index >= 15 is 0 Å². The number of aliphatic imine (C=N–C) groups is 1. The average molecular weight is 437 g/mol. The molecule has 32 heavy (non-hydrogen) atoms. The van der Waals surface area contributed by atoms with Gasteiger partial charge in [0.25, 0.3) is 0 Å². The maximum Gasteiger partial charge on any atom is 0.246 e. The summed E-state index contributed by atoms with van der Waals surface area (Å²) in [6.07, 6.45) is 1.06. The SMILES string of the molecule is CCN(Cc1ccc(OC)cc1)C(=O)CCCOc1ccc2c(c1)N=C1NC(=O)CN1C2. The number of rotatable bonds is 9. The van der Waals surface area contributed by atoms with E-state index in [1.807, 2.05) is 59.2 Å². The minimum absolute atomic E-state index is 0.0363. The van der Waals surface area contributed by atoms with Gasteiger partial charge in [0.1, 0.15) is 18.0 Å². The highest BCUT2D eigenvalue weighted by Gasteiger charge is 2.29. The summed E-state index contributed by atoms with van der Waals surface area (Å²) in [4.78, 5) is 32.5. The number of fused-ring (bicyclic) bond motifs is 2. The number of hydrogen-bond acceptors (Lipinski definition) is 6. The molecule has 0 spiro atoms. The van der Waals surface area contributed by atoms with Gasteiger partial charge in [-0.2, -0.15) is 0 Å². The molecule has 2 heterocycles. The first-order valence-corrected chi connectivity index (χ1v) is 10.9. The Morgan fingerprint density at radius 3 is 2.69 bits per heavy atom. The van der Waals surface area contributed by atoms with Gasteiger partial charge < -0.3 is 19.3 Å². The highest BCUT2D eigenvalue weighted by atomic mass is 16.5. The second-order valence-corrected chi connectivity index (χ2v) is 7.84. The van der Waals surface area contributed by atoms with Gasteiger partial charge in [0.2, 0.25) is 17.8 Å². The van der Waals surface area contributed by atoms with Crippen LogP contribution in [0.1, 0.15) is 30.9 Å². The van der Waals surface area contributed by atoms with Crippen molar-refractivity contribution >= 4 is 23.5 Å². The molecule has 8 heteroatoms. The van der Waals surface area contributed by atoms with Crippen LogP contribution in [0.3, 0.4) is 0 Å². The van der Waals surface area contributed by atoms with Crippen LogP contribution in [-0.2, 0) is 22.7 Å². The molecule has 168 valence electrons. The first-order chi connectivity index (χ1) is 15.6. The quantitative estimate of drug-likeness (QED) is 0.611. The normalized spacial score (nSPS) is 14.2. The summed E-state index contributed by atoms with van der Waals surface area (Å²) >= 11 is 0. The van der Waals surface area contributed by atoms with Crippen LogP contribution in [0.5, 0.6) is 11.5 Å². The number of carbonyl (C=O) groups is 2. The standard InChI is InChI=1S/C24H28N4O4/c1-3-27(14-17-6-9-19(31-2)10-7-17)23(30)5-4-12-32-20-11-8-18-15-28-16-22(29)26-24(28)25-21(18)13-20/h6-11,13H,3-5,12,14-16H2,1-2H3,(H,25,26,29). The summed E-state index contributed by atoms with van der Waals surface area (Å²) in [6, 6.07) is 13.5. The van der Waals surface area contributed by atoms with E-state index in [9.17, 15) is 9.59 Å². The van der Waals surface area contributed by atoms with Crippen LogP contribution in [0.2, 0.25) is 0 Å². The molecular formula is C24H28N4O4. The molecule has 0 radical (unpaired) electrons. The zero-order valence-electron chi connectivity index (χ0n) is 18.5. The van der Waals surface area contributed by atoms with Crippen molar-refractivity contribution < 1.29 is 19.1 Å². The molecule has 2 amide bonds. The lowest BCUT2D eigenvalue weighted by Crippen LogP contribution is -2.31. The minimum Gasteiger partial charge on any atom is -0.497 e. The number of amides is 2. The van der Waals surface area contributed by atoms with Gasteiger partial charge in [0, 0.05) is 32.1 Å². The Labute approximate surface area is 187 Å². The molecular weight excluding hydrogens is 408 g/mol. The molecule has 0 aliphatic carbocycles. The van der Waals surface area contributed by atoms with Gasteiger partial charge in [0.15, 0.2) is 0 Å². The molecule has 1 N–H and O–H groups in total. The molecule has 0 aromatic heterocycles. The number of guanidine groups is 1. The Kier molecular flexibility index (Phi) is 6.58. The van der Waals surface area contributed by atoms with Crippen molar-refractivity contribution in [3.63, 3.8) is 0 Å². The lowest BCUT2D eigenvalue weighted by Gasteiger charge is -2.23. The molecule has 1 fully saturated rings. The lowest BCUT2D eigenvalue weighted by atomic mass is 10.1. The van der Waals surface area contributed by atoms with Crippen LogP contribution in [-0.4, -0.2) is 54.4 Å². The number of benzene rings is 2. The summed E-state index contributed by atoms with van der Waals surface area (Å²) in [6.45, 7) is 4.67. The number of nitrogens with zero attached hydrogens (tertiary/aromatic N) is 3. The van der Waals surface area contributed by atoms with E-state index in [-0.39, 0.29) is 11.8 Å². The lowest BCUT2D eigenvalue weighted by molar-refractivity contribution is -0.131. The summed E-state index contributed by atoms with van der Waals surface area (Å²) < 4.78 is 11.0. The van der Waals surface area contributed by atoms with Crippen LogP contribution >= 0.6 is 0 Å². The molecule has 2 aliphatic heterocycles. The Morgan fingerprint density at radius 2 is 1.94 bits per heavy atom. The highest BCUT2D eigenvalue weighted by Crippen LogP contribution is 2.30. The van der Waals surface area contributed by atoms with Crippen molar-refractivity contribution in [2.75, 3.05) is 26.8 Å². The maximum atomic E-state index is 12.6. The molecule has 2 aliphatic rings. The topological polar surface area (TPSA) is 83.5 Å². The van der Waals surface area contributed by atoms with E-state index in [4.69, 9.17) is 9.47 Å². The second-order valence-electron chi connectivity index (χ2n) is 7.84. The van der Waals surface area contributed by atoms with Gasteiger partial charge in [0.05, 0.1) is 19.4 Å². The fraction of sp³-hybridized carbons (Fsp3) is 0.375. The molecule has 0 bridgehead atoms. The first-order valence-electron chi connectivity index (χ1n) is 10.9. The monoisotopic (exact) mass is 436 g/mol. The van der Waals surface area contributed by atoms with Gasteiger partial charge >= 0.3 is 0 Å². The van der Waals surface area contributed by atoms with Gasteiger partial charge in [-0.1, -0.05) is 18.2 Å². The summed E-state index contributed by atoms with van der Waals surface area (Å²) in [5.74, 6) is 2.19. The average Bonchev–Trinajstić information content (AvgIpc) is 3.17. The molecule has 8 nitrogen and oxygen atoms in total. The largest absolute Gasteiger partial charge is 0.497 e. The fourth-order valence-electron chi connectivity index (χ4n) is 3.81. The van der Waals surface area contributed by atoms with Gasteiger partial charge in [-0.05, 0) is 42.7 Å². The first kappa shape index (κ1) is 21.7. The van der Waals surface area contributed by atoms with Crippen molar-refractivity contribution in [1.82, 2.24) is 15.1 Å². The fourth-order valence-corrected chi connectivity index (χ4v) is 3.81. The number of hydrogen-bond donors (Lipinski definition) is 1. The molecule has 2 aromatic rings. The van der Waals surface area contributed by atoms with Crippen molar-refractivity contribution in [2.24, 2.45) is 4.99 Å². The van der Waals surface area contributed by atoms with Gasteiger partial charge in [-0.25, -0.2) is 4.99 Å². The van der Waals surface area contributed by atoms with Crippen LogP contribution < -0.4 is 14.8 Å². The van der Waals surface area contributed by atoms with Crippen molar-refractivity contribution in [1.29, 1.82) is 0 Å². The van der Waals surface area contributed by atoms with E-state index in [2.05, 4.69) is 10.3 Å². The Bertz CT molecular complexity index is 1020. The summed E-state index contributed by atoms with van der Waals surface area (Å²) in [7, 11) is 1.64. The number of nitrogens with one attached hydrogen (secondary N) is 1. The van der Waals surface area contributed by atoms with E-state index < -0.39 is 0 Å².